The monoisotopic (exact) mass is 170 g/mol. The summed E-state index contributed by atoms with van der Waals surface area (Å²) in [6, 6.07) is 0.683. The zero-order chi connectivity index (χ0) is 8.97. The van der Waals surface area contributed by atoms with Crippen LogP contribution in [0, 0.1) is 5.92 Å². The number of piperazine rings is 1. The molecule has 0 bridgehead atoms. The zero-order valence-corrected chi connectivity index (χ0v) is 8.64. The standard InChI is InChI=1S/C10H22N2/c1-4-9(2)7-12-6-5-11-10(3)8-12/h9-11H,4-8H2,1-3H3/t9?,10-/m0/s1. The van der Waals surface area contributed by atoms with Crippen molar-refractivity contribution >= 4 is 0 Å². The van der Waals surface area contributed by atoms with Crippen molar-refractivity contribution in [1.29, 1.82) is 0 Å². The number of nitrogens with one attached hydrogen (secondary N) is 1. The SMILES string of the molecule is CCC(C)CN1CCN[C@@H](C)C1. The molecular formula is C10H22N2. The molecule has 2 atom stereocenters. The predicted octanol–water partition coefficient (Wildman–Crippen LogP) is 1.33. The highest BCUT2D eigenvalue weighted by Gasteiger charge is 2.16. The van der Waals surface area contributed by atoms with E-state index in [-0.39, 0.29) is 0 Å². The molecule has 1 unspecified atom stereocenters. The minimum absolute atomic E-state index is 0.683. The lowest BCUT2D eigenvalue weighted by molar-refractivity contribution is 0.182. The van der Waals surface area contributed by atoms with Crippen LogP contribution in [0.3, 0.4) is 0 Å². The molecule has 1 aliphatic heterocycles. The summed E-state index contributed by atoms with van der Waals surface area (Å²) >= 11 is 0. The fourth-order valence-corrected chi connectivity index (χ4v) is 1.75. The highest BCUT2D eigenvalue weighted by atomic mass is 15.2. The Morgan fingerprint density at radius 3 is 2.92 bits per heavy atom. The average molecular weight is 170 g/mol. The maximum Gasteiger partial charge on any atom is 0.0167 e. The van der Waals surface area contributed by atoms with Crippen LogP contribution < -0.4 is 5.32 Å². The van der Waals surface area contributed by atoms with Crippen molar-refractivity contribution < 1.29 is 0 Å². The molecule has 1 N–H and O–H groups in total. The lowest BCUT2D eigenvalue weighted by Gasteiger charge is -2.33. The largest absolute Gasteiger partial charge is 0.312 e. The maximum absolute atomic E-state index is 3.46. The quantitative estimate of drug-likeness (QED) is 0.687. The first-order valence-electron chi connectivity index (χ1n) is 5.18. The summed E-state index contributed by atoms with van der Waals surface area (Å²) in [5.74, 6) is 0.857. The van der Waals surface area contributed by atoms with E-state index in [1.807, 2.05) is 0 Å². The molecule has 0 amide bonds. The molecule has 0 aromatic carbocycles. The van der Waals surface area contributed by atoms with Gasteiger partial charge in [0.05, 0.1) is 0 Å². The first kappa shape index (κ1) is 10.0. The van der Waals surface area contributed by atoms with Crippen molar-refractivity contribution in [2.45, 2.75) is 33.2 Å². The molecule has 0 saturated carbocycles. The summed E-state index contributed by atoms with van der Waals surface area (Å²) in [6.07, 6.45) is 1.30. The van der Waals surface area contributed by atoms with Crippen molar-refractivity contribution in [3.8, 4) is 0 Å². The van der Waals surface area contributed by atoms with Crippen LogP contribution >= 0.6 is 0 Å². The van der Waals surface area contributed by atoms with E-state index < -0.39 is 0 Å². The molecule has 1 aliphatic rings. The Bertz CT molecular complexity index is 125. The fraction of sp³-hybridized carbons (Fsp3) is 1.00. The van der Waals surface area contributed by atoms with Crippen LogP contribution in [-0.4, -0.2) is 37.1 Å². The van der Waals surface area contributed by atoms with Gasteiger partial charge in [0.1, 0.15) is 0 Å². The van der Waals surface area contributed by atoms with Crippen LogP contribution in [0.25, 0.3) is 0 Å². The van der Waals surface area contributed by atoms with Gasteiger partial charge >= 0.3 is 0 Å². The second-order valence-electron chi connectivity index (χ2n) is 4.13. The predicted molar refractivity (Wildman–Crippen MR) is 53.4 cm³/mol. The van der Waals surface area contributed by atoms with Gasteiger partial charge in [-0.2, -0.15) is 0 Å². The van der Waals surface area contributed by atoms with Gasteiger partial charge < -0.3 is 10.2 Å². The van der Waals surface area contributed by atoms with Gasteiger partial charge in [0.15, 0.2) is 0 Å². The number of nitrogens with zero attached hydrogens (tertiary/aromatic N) is 1. The lowest BCUT2D eigenvalue weighted by Crippen LogP contribution is -2.50. The van der Waals surface area contributed by atoms with Crippen molar-refractivity contribution in [3.63, 3.8) is 0 Å². The minimum atomic E-state index is 0.683. The van der Waals surface area contributed by atoms with Crippen molar-refractivity contribution in [2.75, 3.05) is 26.2 Å². The molecule has 1 fully saturated rings. The van der Waals surface area contributed by atoms with Crippen molar-refractivity contribution in [3.05, 3.63) is 0 Å². The smallest absolute Gasteiger partial charge is 0.0167 e. The number of hydrogen-bond acceptors (Lipinski definition) is 2. The van der Waals surface area contributed by atoms with Crippen LogP contribution in [0.5, 0.6) is 0 Å². The normalized spacial score (nSPS) is 28.8. The molecule has 72 valence electrons. The van der Waals surface area contributed by atoms with E-state index in [1.54, 1.807) is 0 Å². The second kappa shape index (κ2) is 4.83. The Morgan fingerprint density at radius 2 is 2.33 bits per heavy atom. The topological polar surface area (TPSA) is 15.3 Å². The van der Waals surface area contributed by atoms with Crippen LogP contribution in [0.4, 0.5) is 0 Å². The Morgan fingerprint density at radius 1 is 1.58 bits per heavy atom. The third kappa shape index (κ3) is 3.11. The first-order valence-corrected chi connectivity index (χ1v) is 5.18. The molecule has 12 heavy (non-hydrogen) atoms. The van der Waals surface area contributed by atoms with Gasteiger partial charge in [-0.05, 0) is 12.8 Å². The van der Waals surface area contributed by atoms with E-state index in [2.05, 4.69) is 31.0 Å². The Labute approximate surface area is 76.3 Å². The van der Waals surface area contributed by atoms with Gasteiger partial charge in [0.2, 0.25) is 0 Å². The van der Waals surface area contributed by atoms with Gasteiger partial charge in [-0.15, -0.1) is 0 Å². The minimum Gasteiger partial charge on any atom is -0.312 e. The van der Waals surface area contributed by atoms with Crippen LogP contribution in [0.15, 0.2) is 0 Å². The average Bonchev–Trinajstić information content (AvgIpc) is 2.04. The second-order valence-corrected chi connectivity index (χ2v) is 4.13. The lowest BCUT2D eigenvalue weighted by atomic mass is 10.1. The third-order valence-corrected chi connectivity index (χ3v) is 2.72. The van der Waals surface area contributed by atoms with E-state index in [9.17, 15) is 0 Å². The summed E-state index contributed by atoms with van der Waals surface area (Å²) in [5, 5.41) is 3.46. The highest BCUT2D eigenvalue weighted by Crippen LogP contribution is 2.06. The van der Waals surface area contributed by atoms with Crippen LogP contribution in [0.2, 0.25) is 0 Å². The summed E-state index contributed by atoms with van der Waals surface area (Å²) in [5.41, 5.74) is 0. The van der Waals surface area contributed by atoms with Crippen molar-refractivity contribution in [1.82, 2.24) is 10.2 Å². The number of rotatable bonds is 3. The summed E-state index contributed by atoms with van der Waals surface area (Å²) in [6.45, 7) is 11.8. The van der Waals surface area contributed by atoms with Crippen molar-refractivity contribution in [2.24, 2.45) is 5.92 Å². The molecular weight excluding hydrogens is 148 g/mol. The van der Waals surface area contributed by atoms with Gasteiger partial charge in [0, 0.05) is 32.2 Å². The Balaban J connectivity index is 2.22. The van der Waals surface area contributed by atoms with E-state index in [4.69, 9.17) is 0 Å². The number of hydrogen-bond donors (Lipinski definition) is 1. The summed E-state index contributed by atoms with van der Waals surface area (Å²) < 4.78 is 0. The van der Waals surface area contributed by atoms with E-state index in [0.29, 0.717) is 6.04 Å². The Kier molecular flexibility index (Phi) is 4.02. The van der Waals surface area contributed by atoms with Gasteiger partial charge in [-0.1, -0.05) is 20.3 Å². The van der Waals surface area contributed by atoms with Gasteiger partial charge in [-0.3, -0.25) is 0 Å². The van der Waals surface area contributed by atoms with E-state index in [0.717, 1.165) is 12.5 Å². The van der Waals surface area contributed by atoms with Crippen LogP contribution in [-0.2, 0) is 0 Å². The zero-order valence-electron chi connectivity index (χ0n) is 8.64. The summed E-state index contributed by atoms with van der Waals surface area (Å²) in [4.78, 5) is 2.58. The van der Waals surface area contributed by atoms with Gasteiger partial charge in [0.25, 0.3) is 0 Å². The Hall–Kier alpha value is -0.0800. The first-order chi connectivity index (χ1) is 5.72. The summed E-state index contributed by atoms with van der Waals surface area (Å²) in [7, 11) is 0. The molecule has 1 rings (SSSR count). The molecule has 0 aromatic heterocycles. The van der Waals surface area contributed by atoms with E-state index in [1.165, 1.54) is 26.1 Å². The molecule has 1 heterocycles. The molecule has 0 aromatic rings. The van der Waals surface area contributed by atoms with Crippen LogP contribution in [0.1, 0.15) is 27.2 Å². The van der Waals surface area contributed by atoms with E-state index >= 15 is 0 Å². The fourth-order valence-electron chi connectivity index (χ4n) is 1.75. The molecule has 2 heteroatoms. The maximum atomic E-state index is 3.46. The highest BCUT2D eigenvalue weighted by molar-refractivity contribution is 4.75. The third-order valence-electron chi connectivity index (χ3n) is 2.72. The molecule has 2 nitrogen and oxygen atoms in total. The molecule has 0 aliphatic carbocycles. The molecule has 0 radical (unpaired) electrons. The molecule has 0 spiro atoms. The van der Waals surface area contributed by atoms with Gasteiger partial charge in [-0.25, -0.2) is 0 Å². The molecule has 1 saturated heterocycles.